The van der Waals surface area contributed by atoms with Gasteiger partial charge in [-0.05, 0) is 44.0 Å². The summed E-state index contributed by atoms with van der Waals surface area (Å²) in [4.78, 5) is 35.3. The first-order chi connectivity index (χ1) is 14.0. The zero-order valence-electron chi connectivity index (χ0n) is 16.1. The maximum absolute atomic E-state index is 12.7. The Morgan fingerprint density at radius 2 is 1.93 bits per heavy atom. The van der Waals surface area contributed by atoms with Crippen molar-refractivity contribution >= 4 is 26.8 Å². The van der Waals surface area contributed by atoms with Gasteiger partial charge in [0, 0.05) is 12.6 Å². The van der Waals surface area contributed by atoms with Crippen LogP contribution >= 0.6 is 0 Å². The summed E-state index contributed by atoms with van der Waals surface area (Å²) in [6.45, 7) is 1.63. The summed E-state index contributed by atoms with van der Waals surface area (Å²) < 4.78 is 35.1. The van der Waals surface area contributed by atoms with Crippen LogP contribution in [0.2, 0.25) is 0 Å². The molecule has 158 valence electrons. The molecule has 2 aromatic heterocycles. The number of fused-ring (bicyclic) bond motifs is 1. The standard InChI is InChI=1S/C18H18N4O7S/c1-18(7-8-18)19-30(27,28)12-4-5-14-13(9-12)16(23)20(2)17(24)21(14)10-11-3-6-15(29-11)22(25)26/h3-6,9,19H,7-8,10H2,1-2H3. The molecule has 4 rings (SSSR count). The Morgan fingerprint density at radius 3 is 2.53 bits per heavy atom. The van der Waals surface area contributed by atoms with Crippen LogP contribution in [0.15, 0.2) is 49.2 Å². The molecule has 1 N–H and O–H groups in total. The molecule has 11 nitrogen and oxygen atoms in total. The first kappa shape index (κ1) is 20.0. The van der Waals surface area contributed by atoms with E-state index in [-0.39, 0.29) is 28.1 Å². The lowest BCUT2D eigenvalue weighted by atomic mass is 10.2. The number of nitro groups is 1. The van der Waals surface area contributed by atoms with Gasteiger partial charge in [-0.2, -0.15) is 0 Å². The van der Waals surface area contributed by atoms with Crippen molar-refractivity contribution in [1.82, 2.24) is 13.9 Å². The molecule has 0 bridgehead atoms. The second-order valence-electron chi connectivity index (χ2n) is 7.58. The Kier molecular flexibility index (Phi) is 4.43. The van der Waals surface area contributed by atoms with Crippen LogP contribution in [0.4, 0.5) is 5.88 Å². The third-order valence-corrected chi connectivity index (χ3v) is 6.78. The number of nitrogens with zero attached hydrogens (tertiary/aromatic N) is 3. The van der Waals surface area contributed by atoms with Gasteiger partial charge in [-0.15, -0.1) is 0 Å². The molecule has 1 aliphatic rings. The summed E-state index contributed by atoms with van der Waals surface area (Å²) in [6, 6.07) is 6.45. The molecule has 12 heteroatoms. The molecule has 30 heavy (non-hydrogen) atoms. The third-order valence-electron chi connectivity index (χ3n) is 5.14. The largest absolute Gasteiger partial charge is 0.433 e. The Balaban J connectivity index is 1.84. The number of benzene rings is 1. The Hall–Kier alpha value is -3.25. The minimum absolute atomic E-state index is 0.0296. The summed E-state index contributed by atoms with van der Waals surface area (Å²) in [5.41, 5.74) is -1.60. The third kappa shape index (κ3) is 3.44. The minimum atomic E-state index is -3.84. The maximum Gasteiger partial charge on any atom is 0.433 e. The predicted molar refractivity (Wildman–Crippen MR) is 106 cm³/mol. The summed E-state index contributed by atoms with van der Waals surface area (Å²) in [5.74, 6) is -0.330. The Labute approximate surface area is 169 Å². The van der Waals surface area contributed by atoms with Gasteiger partial charge in [0.05, 0.1) is 28.4 Å². The van der Waals surface area contributed by atoms with Gasteiger partial charge < -0.3 is 4.42 Å². The molecule has 0 spiro atoms. The Bertz CT molecular complexity index is 1410. The van der Waals surface area contributed by atoms with E-state index >= 15 is 0 Å². The van der Waals surface area contributed by atoms with E-state index in [9.17, 15) is 28.1 Å². The van der Waals surface area contributed by atoms with Crippen LogP contribution in [0.5, 0.6) is 0 Å². The van der Waals surface area contributed by atoms with Crippen LogP contribution in [0.1, 0.15) is 25.5 Å². The summed E-state index contributed by atoms with van der Waals surface area (Å²) in [6.07, 6.45) is 1.47. The molecule has 0 saturated heterocycles. The maximum atomic E-state index is 12.7. The highest BCUT2D eigenvalue weighted by atomic mass is 32.2. The van der Waals surface area contributed by atoms with Gasteiger partial charge in [-0.25, -0.2) is 17.9 Å². The van der Waals surface area contributed by atoms with E-state index < -0.39 is 37.6 Å². The average molecular weight is 434 g/mol. The van der Waals surface area contributed by atoms with Gasteiger partial charge in [0.2, 0.25) is 10.0 Å². The second-order valence-corrected chi connectivity index (χ2v) is 9.26. The monoisotopic (exact) mass is 434 g/mol. The van der Waals surface area contributed by atoms with Crippen molar-refractivity contribution in [3.8, 4) is 0 Å². The zero-order chi connectivity index (χ0) is 21.8. The second kappa shape index (κ2) is 6.64. The lowest BCUT2D eigenvalue weighted by Crippen LogP contribution is -2.38. The SMILES string of the molecule is Cn1c(=O)c2cc(S(=O)(=O)NC3(C)CC3)ccc2n(Cc2ccc([N+](=O)[O-])o2)c1=O. The van der Waals surface area contributed by atoms with Gasteiger partial charge in [0.25, 0.3) is 5.56 Å². The van der Waals surface area contributed by atoms with Crippen molar-refractivity contribution in [2.75, 3.05) is 0 Å². The number of aromatic nitrogens is 2. The number of rotatable bonds is 6. The van der Waals surface area contributed by atoms with Crippen molar-refractivity contribution < 1.29 is 17.8 Å². The first-order valence-corrected chi connectivity index (χ1v) is 10.5. The Morgan fingerprint density at radius 1 is 1.23 bits per heavy atom. The molecule has 1 fully saturated rings. The van der Waals surface area contributed by atoms with Crippen LogP contribution in [0.25, 0.3) is 10.9 Å². The lowest BCUT2D eigenvalue weighted by molar-refractivity contribution is -0.402. The number of hydrogen-bond acceptors (Lipinski definition) is 7. The van der Waals surface area contributed by atoms with Gasteiger partial charge in [-0.3, -0.25) is 24.0 Å². The van der Waals surface area contributed by atoms with Gasteiger partial charge in [-0.1, -0.05) is 0 Å². The van der Waals surface area contributed by atoms with E-state index in [4.69, 9.17) is 4.42 Å². The van der Waals surface area contributed by atoms with Crippen LogP contribution in [-0.4, -0.2) is 28.0 Å². The zero-order valence-corrected chi connectivity index (χ0v) is 16.9. The number of hydrogen-bond donors (Lipinski definition) is 1. The molecule has 1 saturated carbocycles. The fraction of sp³-hybridized carbons (Fsp3) is 0.333. The molecule has 3 aromatic rings. The van der Waals surface area contributed by atoms with Crippen LogP contribution < -0.4 is 16.0 Å². The molecular formula is C18H18N4O7S. The average Bonchev–Trinajstić information content (AvgIpc) is 3.21. The topological polar surface area (TPSA) is 146 Å². The number of nitrogens with one attached hydrogen (secondary N) is 1. The molecule has 0 atom stereocenters. The van der Waals surface area contributed by atoms with E-state index in [0.717, 1.165) is 17.4 Å². The van der Waals surface area contributed by atoms with Crippen LogP contribution in [0.3, 0.4) is 0 Å². The lowest BCUT2D eigenvalue weighted by Gasteiger charge is -2.14. The molecule has 0 amide bonds. The molecule has 1 aromatic carbocycles. The fourth-order valence-corrected chi connectivity index (χ4v) is 4.66. The molecule has 1 aliphatic carbocycles. The molecule has 2 heterocycles. The predicted octanol–water partition coefficient (Wildman–Crippen LogP) is 1.08. The summed E-state index contributed by atoms with van der Waals surface area (Å²) in [7, 11) is -2.57. The highest BCUT2D eigenvalue weighted by Crippen LogP contribution is 2.36. The summed E-state index contributed by atoms with van der Waals surface area (Å²) >= 11 is 0. The minimum Gasteiger partial charge on any atom is -0.404 e. The van der Waals surface area contributed by atoms with Crippen molar-refractivity contribution in [2.45, 2.75) is 36.7 Å². The van der Waals surface area contributed by atoms with Crippen molar-refractivity contribution in [3.05, 3.63) is 67.0 Å². The normalized spacial score (nSPS) is 15.4. The highest BCUT2D eigenvalue weighted by Gasteiger charge is 2.41. The van der Waals surface area contributed by atoms with E-state index in [2.05, 4.69) is 4.72 Å². The first-order valence-electron chi connectivity index (χ1n) is 9.01. The van der Waals surface area contributed by atoms with E-state index in [1.807, 2.05) is 0 Å². The van der Waals surface area contributed by atoms with Crippen LogP contribution in [0, 0.1) is 10.1 Å². The van der Waals surface area contributed by atoms with E-state index in [1.54, 1.807) is 6.92 Å². The number of furan rings is 1. The van der Waals surface area contributed by atoms with Crippen molar-refractivity contribution in [3.63, 3.8) is 0 Å². The van der Waals surface area contributed by atoms with Gasteiger partial charge in [0.15, 0.2) is 0 Å². The van der Waals surface area contributed by atoms with Gasteiger partial charge in [0.1, 0.15) is 10.7 Å². The van der Waals surface area contributed by atoms with E-state index in [0.29, 0.717) is 0 Å². The molecule has 0 radical (unpaired) electrons. The van der Waals surface area contributed by atoms with Crippen molar-refractivity contribution in [2.24, 2.45) is 7.05 Å². The number of sulfonamides is 1. The van der Waals surface area contributed by atoms with Crippen LogP contribution in [-0.2, 0) is 23.6 Å². The smallest absolute Gasteiger partial charge is 0.404 e. The fourth-order valence-electron chi connectivity index (χ4n) is 3.17. The van der Waals surface area contributed by atoms with Gasteiger partial charge >= 0.3 is 11.6 Å². The van der Waals surface area contributed by atoms with E-state index in [1.165, 1.54) is 41.9 Å². The molecule has 0 aliphatic heterocycles. The molecule has 0 unspecified atom stereocenters. The van der Waals surface area contributed by atoms with Crippen molar-refractivity contribution in [1.29, 1.82) is 0 Å². The quantitative estimate of drug-likeness (QED) is 0.451. The summed E-state index contributed by atoms with van der Waals surface area (Å²) in [5, 5.41) is 10.8. The highest BCUT2D eigenvalue weighted by molar-refractivity contribution is 7.89. The molecular weight excluding hydrogens is 416 g/mol.